The Bertz CT molecular complexity index is 442. The second-order valence-corrected chi connectivity index (χ2v) is 7.36. The fourth-order valence-corrected chi connectivity index (χ4v) is 2.69. The summed E-state index contributed by atoms with van der Waals surface area (Å²) in [6.45, 7) is 9.34. The number of aliphatic carboxylic acids is 1. The van der Waals surface area contributed by atoms with Crippen molar-refractivity contribution in [3.8, 4) is 0 Å². The first-order chi connectivity index (χ1) is 11.7. The average Bonchev–Trinajstić information content (AvgIpc) is 2.46. The molecular formula is C17H31F3N2O4. The summed E-state index contributed by atoms with van der Waals surface area (Å²) in [5.74, 6) is -2.57. The van der Waals surface area contributed by atoms with Crippen molar-refractivity contribution >= 4 is 11.9 Å². The first-order valence-corrected chi connectivity index (χ1v) is 8.76. The van der Waals surface area contributed by atoms with Crippen LogP contribution in [0.4, 0.5) is 13.2 Å². The zero-order valence-corrected chi connectivity index (χ0v) is 15.9. The summed E-state index contributed by atoms with van der Waals surface area (Å²) >= 11 is 0. The van der Waals surface area contributed by atoms with Gasteiger partial charge in [-0.2, -0.15) is 13.2 Å². The molecule has 0 saturated carbocycles. The number of carboxylic acids is 1. The highest BCUT2D eigenvalue weighted by Crippen LogP contribution is 2.15. The summed E-state index contributed by atoms with van der Waals surface area (Å²) < 4.78 is 31.7. The van der Waals surface area contributed by atoms with E-state index in [2.05, 4.69) is 12.2 Å². The summed E-state index contributed by atoms with van der Waals surface area (Å²) in [6, 6.07) is 1.02. The van der Waals surface area contributed by atoms with Gasteiger partial charge in [0.05, 0.1) is 5.60 Å². The van der Waals surface area contributed by atoms with E-state index >= 15 is 0 Å². The molecule has 9 heteroatoms. The lowest BCUT2D eigenvalue weighted by molar-refractivity contribution is -0.192. The largest absolute Gasteiger partial charge is 0.490 e. The first kappa shape index (κ1) is 24.7. The third-order valence-corrected chi connectivity index (χ3v) is 4.13. The number of amides is 1. The quantitative estimate of drug-likeness (QED) is 0.655. The van der Waals surface area contributed by atoms with Gasteiger partial charge in [0.2, 0.25) is 5.91 Å². The number of hydrogen-bond donors (Lipinski definition) is 3. The minimum Gasteiger partial charge on any atom is -0.475 e. The maximum absolute atomic E-state index is 11.2. The number of hydrogen-bond acceptors (Lipinski definition) is 4. The van der Waals surface area contributed by atoms with Gasteiger partial charge in [-0.1, -0.05) is 0 Å². The van der Waals surface area contributed by atoms with Gasteiger partial charge in [-0.3, -0.25) is 4.79 Å². The van der Waals surface area contributed by atoms with Crippen LogP contribution in [-0.4, -0.2) is 63.9 Å². The summed E-state index contributed by atoms with van der Waals surface area (Å²) in [7, 11) is 0. The molecule has 0 spiro atoms. The lowest BCUT2D eigenvalue weighted by Crippen LogP contribution is -2.46. The number of carbonyl (C=O) groups is 2. The molecule has 154 valence electrons. The number of piperidine rings is 1. The monoisotopic (exact) mass is 384 g/mol. The van der Waals surface area contributed by atoms with Crippen LogP contribution < -0.4 is 5.32 Å². The second-order valence-electron chi connectivity index (χ2n) is 7.36. The number of nitrogens with zero attached hydrogens (tertiary/aromatic N) is 1. The van der Waals surface area contributed by atoms with Gasteiger partial charge in [0, 0.05) is 32.1 Å². The molecule has 1 unspecified atom stereocenters. The van der Waals surface area contributed by atoms with Crippen molar-refractivity contribution in [2.45, 2.75) is 83.7 Å². The molecule has 3 N–H and O–H groups in total. The Balaban J connectivity index is 0.000000758. The maximum Gasteiger partial charge on any atom is 0.490 e. The van der Waals surface area contributed by atoms with Crippen molar-refractivity contribution in [2.75, 3.05) is 13.1 Å². The Morgan fingerprint density at radius 1 is 1.23 bits per heavy atom. The predicted molar refractivity (Wildman–Crippen MR) is 91.7 cm³/mol. The molecule has 1 fully saturated rings. The zero-order valence-electron chi connectivity index (χ0n) is 15.9. The van der Waals surface area contributed by atoms with Gasteiger partial charge < -0.3 is 20.4 Å². The van der Waals surface area contributed by atoms with Gasteiger partial charge in [-0.05, 0) is 52.9 Å². The minimum atomic E-state index is -5.08. The summed E-state index contributed by atoms with van der Waals surface area (Å²) in [4.78, 5) is 22.1. The van der Waals surface area contributed by atoms with E-state index in [0.717, 1.165) is 45.2 Å². The van der Waals surface area contributed by atoms with Crippen LogP contribution in [0.3, 0.4) is 0 Å². The fraction of sp³-hybridized carbons (Fsp3) is 0.882. The van der Waals surface area contributed by atoms with Crippen LogP contribution >= 0.6 is 0 Å². The molecule has 0 aromatic heterocycles. The number of carboxylic acid groups (broad SMARTS) is 1. The number of alkyl halides is 3. The number of likely N-dealkylation sites (tertiary alicyclic amines) is 1. The third-order valence-electron chi connectivity index (χ3n) is 4.13. The summed E-state index contributed by atoms with van der Waals surface area (Å²) in [6.07, 6.45) is 0.00744. The third kappa shape index (κ3) is 12.1. The van der Waals surface area contributed by atoms with Gasteiger partial charge in [0.25, 0.3) is 0 Å². The van der Waals surface area contributed by atoms with E-state index in [4.69, 9.17) is 9.90 Å². The van der Waals surface area contributed by atoms with E-state index in [1.54, 1.807) is 6.92 Å². The molecular weight excluding hydrogens is 353 g/mol. The van der Waals surface area contributed by atoms with Crippen molar-refractivity contribution in [1.29, 1.82) is 0 Å². The molecule has 0 aliphatic carbocycles. The van der Waals surface area contributed by atoms with E-state index in [1.165, 1.54) is 0 Å². The Morgan fingerprint density at radius 2 is 1.69 bits per heavy atom. The highest BCUT2D eigenvalue weighted by molar-refractivity contribution is 5.73. The molecule has 1 amide bonds. The molecule has 1 aliphatic heterocycles. The molecule has 0 aromatic rings. The van der Waals surface area contributed by atoms with Crippen molar-refractivity contribution in [1.82, 2.24) is 10.2 Å². The molecule has 0 radical (unpaired) electrons. The first-order valence-electron chi connectivity index (χ1n) is 8.76. The molecule has 1 saturated heterocycles. The van der Waals surface area contributed by atoms with Crippen molar-refractivity contribution in [3.63, 3.8) is 0 Å². The number of carbonyl (C=O) groups excluding carboxylic acids is 1. The average molecular weight is 384 g/mol. The second kappa shape index (κ2) is 10.7. The summed E-state index contributed by atoms with van der Waals surface area (Å²) in [5.41, 5.74) is -0.549. The number of nitrogens with one attached hydrogen (secondary N) is 1. The number of rotatable bonds is 6. The Labute approximate surface area is 152 Å². The highest BCUT2D eigenvalue weighted by Gasteiger charge is 2.38. The Morgan fingerprint density at radius 3 is 2.04 bits per heavy atom. The van der Waals surface area contributed by atoms with E-state index in [-0.39, 0.29) is 5.91 Å². The smallest absolute Gasteiger partial charge is 0.475 e. The molecule has 1 atom stereocenters. The van der Waals surface area contributed by atoms with E-state index < -0.39 is 17.7 Å². The van der Waals surface area contributed by atoms with Crippen LogP contribution in [0.1, 0.15) is 59.8 Å². The maximum atomic E-state index is 11.2. The van der Waals surface area contributed by atoms with Gasteiger partial charge in [0.1, 0.15) is 0 Å². The van der Waals surface area contributed by atoms with Crippen LogP contribution in [0.15, 0.2) is 0 Å². The highest BCUT2D eigenvalue weighted by atomic mass is 19.4. The molecule has 26 heavy (non-hydrogen) atoms. The standard InChI is InChI=1S/C15H30N2O2.C2HF3O2/c1-12(6-5-9-15(3,4)19)16-14-7-10-17(11-8-14)13(2)18;3-2(4,5)1(6)7/h12,14,16,19H,5-11H2,1-4H3;(H,6,7). The predicted octanol–water partition coefficient (Wildman–Crippen LogP) is 2.55. The van der Waals surface area contributed by atoms with E-state index in [1.807, 2.05) is 18.7 Å². The van der Waals surface area contributed by atoms with E-state index in [9.17, 15) is 23.1 Å². The van der Waals surface area contributed by atoms with Crippen LogP contribution in [0.5, 0.6) is 0 Å². The molecule has 1 aliphatic rings. The Kier molecular flexibility index (Phi) is 10.2. The SMILES string of the molecule is CC(=O)N1CCC(NC(C)CCCC(C)(C)O)CC1.O=C(O)C(F)(F)F. The molecule has 1 heterocycles. The van der Waals surface area contributed by atoms with Crippen molar-refractivity contribution in [3.05, 3.63) is 0 Å². The molecule has 1 rings (SSSR count). The van der Waals surface area contributed by atoms with E-state index in [0.29, 0.717) is 12.1 Å². The fourth-order valence-electron chi connectivity index (χ4n) is 2.69. The summed E-state index contributed by atoms with van der Waals surface area (Å²) in [5, 5.41) is 20.4. The molecule has 6 nitrogen and oxygen atoms in total. The van der Waals surface area contributed by atoms with Crippen LogP contribution in [0.2, 0.25) is 0 Å². The van der Waals surface area contributed by atoms with Gasteiger partial charge in [0.15, 0.2) is 0 Å². The lowest BCUT2D eigenvalue weighted by Gasteiger charge is -2.33. The van der Waals surface area contributed by atoms with Crippen LogP contribution in [-0.2, 0) is 9.59 Å². The number of aliphatic hydroxyl groups is 1. The van der Waals surface area contributed by atoms with Crippen molar-refractivity contribution in [2.24, 2.45) is 0 Å². The van der Waals surface area contributed by atoms with Crippen LogP contribution in [0.25, 0.3) is 0 Å². The van der Waals surface area contributed by atoms with Gasteiger partial charge in [-0.25, -0.2) is 4.79 Å². The molecule has 0 aromatic carbocycles. The van der Waals surface area contributed by atoms with Crippen molar-refractivity contribution < 1.29 is 33.0 Å². The Hall–Kier alpha value is -1.35. The lowest BCUT2D eigenvalue weighted by atomic mass is 9.98. The van der Waals surface area contributed by atoms with Crippen LogP contribution in [0, 0.1) is 0 Å². The molecule has 0 bridgehead atoms. The van der Waals surface area contributed by atoms with Gasteiger partial charge in [-0.15, -0.1) is 0 Å². The number of halogens is 3. The topological polar surface area (TPSA) is 89.9 Å². The van der Waals surface area contributed by atoms with Gasteiger partial charge >= 0.3 is 12.1 Å². The minimum absolute atomic E-state index is 0.191. The zero-order chi connectivity index (χ0) is 20.5. The normalized spacial score (nSPS) is 17.3.